The molecule has 0 aliphatic heterocycles. The molecule has 10 heteroatoms. The molecule has 4 aliphatic rings. The number of aromatic nitrogens is 8. The number of fused-ring (bicyclic) bond motifs is 1. The summed E-state index contributed by atoms with van der Waals surface area (Å²) in [5.41, 5.74) is 1.92. The van der Waals surface area contributed by atoms with Gasteiger partial charge in [-0.05, 0) is 62.3 Å². The Balaban J connectivity index is 1.08. The van der Waals surface area contributed by atoms with Gasteiger partial charge in [0.1, 0.15) is 5.82 Å². The Hall–Kier alpha value is -3.01. The third kappa shape index (κ3) is 3.60. The Labute approximate surface area is 213 Å². The molecule has 3 aromatic heterocycles. The molecular formula is C26H30N8OS. The fraction of sp³-hybridized carbons (Fsp3) is 0.538. The molecule has 36 heavy (non-hydrogen) atoms. The summed E-state index contributed by atoms with van der Waals surface area (Å²) >= 11 is 1.63. The molecule has 0 atom stereocenters. The van der Waals surface area contributed by atoms with E-state index in [1.165, 1.54) is 43.2 Å². The van der Waals surface area contributed by atoms with Crippen LogP contribution in [-0.4, -0.2) is 39.5 Å². The maximum atomic E-state index is 12.5. The van der Waals surface area contributed by atoms with E-state index in [0.717, 1.165) is 45.5 Å². The third-order valence-electron chi connectivity index (χ3n) is 8.67. The largest absolute Gasteiger partial charge is 0.309 e. The molecule has 4 aromatic rings. The number of benzene rings is 1. The number of nitrogens with zero attached hydrogens (tertiary/aromatic N) is 8. The van der Waals surface area contributed by atoms with Gasteiger partial charge in [0.2, 0.25) is 0 Å². The smallest absolute Gasteiger partial charge is 0.274 e. The van der Waals surface area contributed by atoms with Crippen molar-refractivity contribution in [3.63, 3.8) is 0 Å². The maximum absolute atomic E-state index is 12.5. The lowest BCUT2D eigenvalue weighted by Gasteiger charge is -2.56. The summed E-state index contributed by atoms with van der Waals surface area (Å²) in [7, 11) is 3.67. The maximum Gasteiger partial charge on any atom is 0.274 e. The number of thioether (sulfide) groups is 1. The van der Waals surface area contributed by atoms with E-state index in [1.807, 2.05) is 35.9 Å². The summed E-state index contributed by atoms with van der Waals surface area (Å²) in [6.45, 7) is 0. The van der Waals surface area contributed by atoms with Crippen LogP contribution in [0.2, 0.25) is 0 Å². The van der Waals surface area contributed by atoms with Gasteiger partial charge in [0.15, 0.2) is 5.16 Å². The molecule has 3 heterocycles. The van der Waals surface area contributed by atoms with Gasteiger partial charge in [0, 0.05) is 31.4 Å². The minimum Gasteiger partial charge on any atom is -0.309 e. The lowest BCUT2D eigenvalue weighted by molar-refractivity contribution is -0.0502. The molecule has 9 nitrogen and oxygen atoms in total. The molecule has 4 aliphatic carbocycles. The predicted molar refractivity (Wildman–Crippen MR) is 137 cm³/mol. The lowest BCUT2D eigenvalue weighted by atomic mass is 9.53. The first kappa shape index (κ1) is 22.2. The Morgan fingerprint density at radius 3 is 2.39 bits per heavy atom. The van der Waals surface area contributed by atoms with Crippen LogP contribution in [0.25, 0.3) is 10.8 Å². The van der Waals surface area contributed by atoms with Crippen LogP contribution in [0.5, 0.6) is 0 Å². The summed E-state index contributed by atoms with van der Waals surface area (Å²) in [6, 6.07) is 7.60. The van der Waals surface area contributed by atoms with E-state index in [1.54, 1.807) is 18.8 Å². The quantitative estimate of drug-likeness (QED) is 0.373. The van der Waals surface area contributed by atoms with Crippen molar-refractivity contribution in [1.82, 2.24) is 39.5 Å². The van der Waals surface area contributed by atoms with Gasteiger partial charge in [-0.15, -0.1) is 15.3 Å². The summed E-state index contributed by atoms with van der Waals surface area (Å²) in [4.78, 5) is 12.5. The van der Waals surface area contributed by atoms with Gasteiger partial charge in [-0.2, -0.15) is 5.10 Å². The van der Waals surface area contributed by atoms with Crippen LogP contribution in [0, 0.1) is 17.8 Å². The Morgan fingerprint density at radius 1 is 0.972 bits per heavy atom. The second kappa shape index (κ2) is 8.26. The average Bonchev–Trinajstić information content (AvgIpc) is 3.48. The SMILES string of the molecule is Cn1c(Cc2nn(C)c(=O)c3ccccc23)nnc1SCc1cn(C23CC4CC(CC(C4)C2)C3)nn1. The van der Waals surface area contributed by atoms with Gasteiger partial charge < -0.3 is 4.57 Å². The van der Waals surface area contributed by atoms with Gasteiger partial charge in [0.05, 0.1) is 28.7 Å². The number of hydrogen-bond acceptors (Lipinski definition) is 7. The Morgan fingerprint density at radius 2 is 1.67 bits per heavy atom. The van der Waals surface area contributed by atoms with Crippen LogP contribution in [-0.2, 0) is 31.8 Å². The summed E-state index contributed by atoms with van der Waals surface area (Å²) in [5.74, 6) is 4.17. The first-order valence-electron chi connectivity index (χ1n) is 12.8. The lowest BCUT2D eigenvalue weighted by Crippen LogP contribution is -2.52. The minimum absolute atomic E-state index is 0.0925. The molecule has 0 spiro atoms. The number of hydrogen-bond donors (Lipinski definition) is 0. The standard InChI is InChI=1S/C26H30N8OS/c1-32-23(10-22-20-5-3-4-6-21(20)24(35)33(2)30-22)28-29-25(32)36-15-19-14-34(31-27-19)26-11-16-7-17(12-26)9-18(8-16)13-26/h3-6,14,16-18H,7-13,15H2,1-2H3. The summed E-state index contributed by atoms with van der Waals surface area (Å²) in [6.07, 6.45) is 10.8. The third-order valence-corrected chi connectivity index (χ3v) is 9.72. The zero-order valence-electron chi connectivity index (χ0n) is 20.7. The number of aryl methyl sites for hydroxylation is 1. The average molecular weight is 503 g/mol. The van der Waals surface area contributed by atoms with Gasteiger partial charge in [-0.25, -0.2) is 9.36 Å². The number of rotatable bonds is 6. The zero-order valence-corrected chi connectivity index (χ0v) is 21.5. The molecule has 0 amide bonds. The summed E-state index contributed by atoms with van der Waals surface area (Å²) < 4.78 is 5.62. The first-order chi connectivity index (χ1) is 17.5. The van der Waals surface area contributed by atoms with Crippen LogP contribution >= 0.6 is 11.8 Å². The fourth-order valence-corrected chi connectivity index (χ4v) is 8.17. The van der Waals surface area contributed by atoms with E-state index in [-0.39, 0.29) is 11.1 Å². The predicted octanol–water partition coefficient (Wildman–Crippen LogP) is 3.46. The molecule has 4 bridgehead atoms. The molecule has 0 unspecified atom stereocenters. The monoisotopic (exact) mass is 502 g/mol. The van der Waals surface area contributed by atoms with Crippen LogP contribution in [0.15, 0.2) is 40.4 Å². The fourth-order valence-electron chi connectivity index (χ4n) is 7.36. The van der Waals surface area contributed by atoms with Crippen molar-refractivity contribution in [3.05, 3.63) is 58.0 Å². The molecule has 1 aromatic carbocycles. The van der Waals surface area contributed by atoms with Crippen molar-refractivity contribution < 1.29 is 0 Å². The van der Waals surface area contributed by atoms with Crippen molar-refractivity contribution in [3.8, 4) is 0 Å². The topological polar surface area (TPSA) is 96.3 Å². The van der Waals surface area contributed by atoms with Crippen molar-refractivity contribution in [2.24, 2.45) is 31.8 Å². The van der Waals surface area contributed by atoms with Crippen molar-refractivity contribution in [2.45, 2.75) is 61.4 Å². The summed E-state index contributed by atoms with van der Waals surface area (Å²) in [5, 5.41) is 24.9. The van der Waals surface area contributed by atoms with Crippen LogP contribution < -0.4 is 5.56 Å². The van der Waals surface area contributed by atoms with E-state index in [2.05, 4.69) is 36.5 Å². The molecule has 0 saturated heterocycles. The molecule has 0 radical (unpaired) electrons. The molecule has 186 valence electrons. The van der Waals surface area contributed by atoms with Crippen molar-refractivity contribution in [1.29, 1.82) is 0 Å². The molecule has 4 saturated carbocycles. The van der Waals surface area contributed by atoms with E-state index < -0.39 is 0 Å². The molecular weight excluding hydrogens is 472 g/mol. The molecule has 8 rings (SSSR count). The minimum atomic E-state index is -0.0925. The highest BCUT2D eigenvalue weighted by Gasteiger charge is 2.52. The van der Waals surface area contributed by atoms with Crippen LogP contribution in [0.4, 0.5) is 0 Å². The second-order valence-corrected chi connectivity index (χ2v) is 12.1. The van der Waals surface area contributed by atoms with Gasteiger partial charge in [-0.3, -0.25) is 4.79 Å². The van der Waals surface area contributed by atoms with Gasteiger partial charge in [0.25, 0.3) is 5.56 Å². The molecule has 4 fully saturated rings. The Kier molecular flexibility index (Phi) is 5.09. The van der Waals surface area contributed by atoms with E-state index >= 15 is 0 Å². The Bertz CT molecular complexity index is 1480. The highest BCUT2D eigenvalue weighted by Crippen LogP contribution is 2.58. The van der Waals surface area contributed by atoms with Crippen LogP contribution in [0.3, 0.4) is 0 Å². The van der Waals surface area contributed by atoms with Gasteiger partial charge in [-0.1, -0.05) is 35.2 Å². The second-order valence-electron chi connectivity index (χ2n) is 11.1. The zero-order chi connectivity index (χ0) is 24.4. The van der Waals surface area contributed by atoms with E-state index in [9.17, 15) is 4.79 Å². The normalized spacial score (nSPS) is 26.8. The van der Waals surface area contributed by atoms with Gasteiger partial charge >= 0.3 is 0 Å². The van der Waals surface area contributed by atoms with E-state index in [4.69, 9.17) is 0 Å². The van der Waals surface area contributed by atoms with E-state index in [0.29, 0.717) is 17.6 Å². The molecule has 0 N–H and O–H groups in total. The van der Waals surface area contributed by atoms with Crippen LogP contribution in [0.1, 0.15) is 55.7 Å². The first-order valence-corrected chi connectivity index (χ1v) is 13.8. The highest BCUT2D eigenvalue weighted by molar-refractivity contribution is 7.98. The van der Waals surface area contributed by atoms with Crippen molar-refractivity contribution in [2.75, 3.05) is 0 Å². The van der Waals surface area contributed by atoms with Crippen molar-refractivity contribution >= 4 is 22.5 Å². The highest BCUT2D eigenvalue weighted by atomic mass is 32.2.